The van der Waals surface area contributed by atoms with Gasteiger partial charge in [0.2, 0.25) is 0 Å². The van der Waals surface area contributed by atoms with E-state index in [1.54, 1.807) is 38.1 Å². The third kappa shape index (κ3) is 6.04. The molecule has 2 aromatic rings. The van der Waals surface area contributed by atoms with Crippen molar-refractivity contribution in [3.8, 4) is 11.5 Å². The van der Waals surface area contributed by atoms with Crippen LogP contribution < -0.4 is 20.5 Å². The second kappa shape index (κ2) is 11.4. The van der Waals surface area contributed by atoms with Gasteiger partial charge in [-0.2, -0.15) is 0 Å². The highest BCUT2D eigenvalue weighted by Gasteiger charge is 2.29. The average molecular weight is 461 g/mol. The van der Waals surface area contributed by atoms with Crippen LogP contribution in [0, 0.1) is 5.82 Å². The molecule has 1 unspecified atom stereocenters. The smallest absolute Gasteiger partial charge is 0.333 e. The van der Waals surface area contributed by atoms with Crippen molar-refractivity contribution in [2.24, 2.45) is 10.9 Å². The summed E-state index contributed by atoms with van der Waals surface area (Å²) in [6.45, 7) is 4.85. The van der Waals surface area contributed by atoms with Crippen LogP contribution in [0.15, 0.2) is 41.6 Å². The molecule has 178 valence electrons. The van der Waals surface area contributed by atoms with Gasteiger partial charge in [0.15, 0.2) is 23.4 Å². The van der Waals surface area contributed by atoms with Gasteiger partial charge in [0.1, 0.15) is 11.9 Å². The number of nitrogens with zero attached hydrogens (tertiary/aromatic N) is 1. The lowest BCUT2D eigenvalue weighted by atomic mass is 10.0. The summed E-state index contributed by atoms with van der Waals surface area (Å²) in [5.74, 6) is -1.08. The van der Waals surface area contributed by atoms with E-state index in [4.69, 9.17) is 29.9 Å². The summed E-state index contributed by atoms with van der Waals surface area (Å²) in [4.78, 5) is 12.8. The highest BCUT2D eigenvalue weighted by molar-refractivity contribution is 5.97. The molecule has 1 saturated heterocycles. The van der Waals surface area contributed by atoms with Crippen LogP contribution in [0.4, 0.5) is 10.1 Å². The third-order valence-corrected chi connectivity index (χ3v) is 4.97. The van der Waals surface area contributed by atoms with E-state index in [9.17, 15) is 4.79 Å². The van der Waals surface area contributed by atoms with Gasteiger partial charge in [-0.05, 0) is 44.2 Å². The standard InChI is InChI=1S/C23H28FN3O6/c1-3-31-17-11-18(20(24)19(12-17)33-16-9-10-30-13-16)21(23(28)32-4-2)26-15-7-5-14(6-8-15)22(25)27-29/h5-8,11-12,16,21,26,29H,3-4,9-10,13H2,1-2H3,(H2,25,27)/t16-,21?/m0/s1. The number of carbonyl (C=O) groups excluding carboxylic acids is 1. The first-order chi connectivity index (χ1) is 16.0. The monoisotopic (exact) mass is 461 g/mol. The lowest BCUT2D eigenvalue weighted by molar-refractivity contribution is -0.144. The molecule has 3 rings (SSSR count). The molecule has 1 aliphatic heterocycles. The molecule has 0 saturated carbocycles. The van der Waals surface area contributed by atoms with E-state index >= 15 is 4.39 Å². The molecule has 4 N–H and O–H groups in total. The quantitative estimate of drug-likeness (QED) is 0.162. The summed E-state index contributed by atoms with van der Waals surface area (Å²) in [7, 11) is 0. The minimum absolute atomic E-state index is 0.0221. The molecule has 2 atom stereocenters. The molecule has 10 heteroatoms. The number of benzene rings is 2. The highest BCUT2D eigenvalue weighted by atomic mass is 19.1. The van der Waals surface area contributed by atoms with Crippen molar-refractivity contribution < 1.29 is 33.3 Å². The van der Waals surface area contributed by atoms with Crippen LogP contribution in [0.2, 0.25) is 0 Å². The maximum absolute atomic E-state index is 15.6. The number of nitrogens with two attached hydrogens (primary N) is 1. The lowest BCUT2D eigenvalue weighted by Gasteiger charge is -2.22. The van der Waals surface area contributed by atoms with E-state index in [0.29, 0.717) is 43.2 Å². The Balaban J connectivity index is 1.98. The Morgan fingerprint density at radius 2 is 2.06 bits per heavy atom. The molecule has 0 spiro atoms. The fraction of sp³-hybridized carbons (Fsp3) is 0.391. The SMILES string of the molecule is CCOC(=O)C(Nc1ccc(C(N)=NO)cc1)c1cc(OCC)cc(O[C@H]2CCOC2)c1F. The van der Waals surface area contributed by atoms with Crippen molar-refractivity contribution >= 4 is 17.5 Å². The molecular formula is C23H28FN3O6. The Morgan fingerprint density at radius 1 is 1.30 bits per heavy atom. The summed E-state index contributed by atoms with van der Waals surface area (Å²) >= 11 is 0. The van der Waals surface area contributed by atoms with Crippen molar-refractivity contribution in [3.63, 3.8) is 0 Å². The largest absolute Gasteiger partial charge is 0.494 e. The predicted octanol–water partition coefficient (Wildman–Crippen LogP) is 3.20. The summed E-state index contributed by atoms with van der Waals surface area (Å²) in [5.41, 5.74) is 6.59. The van der Waals surface area contributed by atoms with Gasteiger partial charge in [-0.3, -0.25) is 0 Å². The minimum atomic E-state index is -1.18. The number of nitrogens with one attached hydrogen (secondary N) is 1. The van der Waals surface area contributed by atoms with Gasteiger partial charge < -0.3 is 35.2 Å². The van der Waals surface area contributed by atoms with E-state index in [2.05, 4.69) is 10.5 Å². The van der Waals surface area contributed by atoms with E-state index in [1.165, 1.54) is 12.1 Å². The second-order valence-corrected chi connectivity index (χ2v) is 7.25. The van der Waals surface area contributed by atoms with Gasteiger partial charge in [0.05, 0.1) is 26.4 Å². The first-order valence-corrected chi connectivity index (χ1v) is 10.7. The first-order valence-electron chi connectivity index (χ1n) is 10.7. The average Bonchev–Trinajstić information content (AvgIpc) is 3.33. The van der Waals surface area contributed by atoms with Gasteiger partial charge in [-0.15, -0.1) is 0 Å². The maximum atomic E-state index is 15.6. The van der Waals surface area contributed by atoms with Crippen LogP contribution >= 0.6 is 0 Å². The van der Waals surface area contributed by atoms with Crippen molar-refractivity contribution in [2.75, 3.05) is 31.7 Å². The Kier molecular flexibility index (Phi) is 8.31. The number of anilines is 1. The predicted molar refractivity (Wildman–Crippen MR) is 119 cm³/mol. The van der Waals surface area contributed by atoms with E-state index < -0.39 is 17.8 Å². The Morgan fingerprint density at radius 3 is 2.67 bits per heavy atom. The zero-order chi connectivity index (χ0) is 23.8. The fourth-order valence-corrected chi connectivity index (χ4v) is 3.38. The van der Waals surface area contributed by atoms with Crippen LogP contribution in [0.1, 0.15) is 37.4 Å². The molecule has 1 fully saturated rings. The van der Waals surface area contributed by atoms with Crippen molar-refractivity contribution in [2.45, 2.75) is 32.4 Å². The summed E-state index contributed by atoms with van der Waals surface area (Å²) < 4.78 is 37.5. The Hall–Kier alpha value is -3.53. The van der Waals surface area contributed by atoms with Crippen molar-refractivity contribution in [1.29, 1.82) is 0 Å². The van der Waals surface area contributed by atoms with Gasteiger partial charge in [0.25, 0.3) is 0 Å². The number of rotatable bonds is 10. The van der Waals surface area contributed by atoms with Crippen LogP contribution in [0.3, 0.4) is 0 Å². The zero-order valence-corrected chi connectivity index (χ0v) is 18.5. The van der Waals surface area contributed by atoms with Gasteiger partial charge >= 0.3 is 5.97 Å². The summed E-state index contributed by atoms with van der Waals surface area (Å²) in [6, 6.07) is 8.18. The Bertz CT molecular complexity index is 977. The lowest BCUT2D eigenvalue weighted by Crippen LogP contribution is -2.25. The van der Waals surface area contributed by atoms with Crippen LogP contribution in [0.5, 0.6) is 11.5 Å². The highest BCUT2D eigenvalue weighted by Crippen LogP contribution is 2.34. The molecule has 0 aromatic heterocycles. The van der Waals surface area contributed by atoms with E-state index in [0.717, 1.165) is 0 Å². The normalized spacial score (nSPS) is 16.8. The maximum Gasteiger partial charge on any atom is 0.333 e. The number of hydrogen-bond acceptors (Lipinski definition) is 8. The minimum Gasteiger partial charge on any atom is -0.494 e. The third-order valence-electron chi connectivity index (χ3n) is 4.97. The number of hydrogen-bond donors (Lipinski definition) is 3. The number of ether oxygens (including phenoxy) is 4. The molecule has 1 aliphatic rings. The topological polar surface area (TPSA) is 125 Å². The number of oxime groups is 1. The Labute approximate surface area is 191 Å². The number of carbonyl (C=O) groups is 1. The molecule has 1 heterocycles. The second-order valence-electron chi connectivity index (χ2n) is 7.25. The molecule has 0 amide bonds. The van der Waals surface area contributed by atoms with Gasteiger partial charge in [-0.25, -0.2) is 9.18 Å². The molecule has 0 radical (unpaired) electrons. The number of halogens is 1. The van der Waals surface area contributed by atoms with E-state index in [1.807, 2.05) is 0 Å². The van der Waals surface area contributed by atoms with Crippen LogP contribution in [0.25, 0.3) is 0 Å². The van der Waals surface area contributed by atoms with E-state index in [-0.39, 0.29) is 29.9 Å². The molecule has 33 heavy (non-hydrogen) atoms. The molecule has 0 aliphatic carbocycles. The first kappa shape index (κ1) is 24.1. The fourth-order valence-electron chi connectivity index (χ4n) is 3.38. The van der Waals surface area contributed by atoms with Crippen LogP contribution in [-0.4, -0.2) is 49.5 Å². The molecule has 2 aromatic carbocycles. The van der Waals surface area contributed by atoms with Crippen molar-refractivity contribution in [1.82, 2.24) is 0 Å². The number of esters is 1. The molecule has 0 bridgehead atoms. The van der Waals surface area contributed by atoms with Crippen LogP contribution in [-0.2, 0) is 14.3 Å². The number of amidine groups is 1. The summed E-state index contributed by atoms with van der Waals surface area (Å²) in [5, 5.41) is 14.8. The molecular weight excluding hydrogens is 433 g/mol. The summed E-state index contributed by atoms with van der Waals surface area (Å²) in [6.07, 6.45) is 0.351. The molecule has 9 nitrogen and oxygen atoms in total. The zero-order valence-electron chi connectivity index (χ0n) is 18.5. The van der Waals surface area contributed by atoms with Crippen molar-refractivity contribution in [3.05, 3.63) is 53.3 Å². The van der Waals surface area contributed by atoms with Gasteiger partial charge in [0, 0.05) is 29.3 Å². The van der Waals surface area contributed by atoms with Gasteiger partial charge in [-0.1, -0.05) is 5.16 Å².